The molecule has 0 aliphatic rings. The third kappa shape index (κ3) is 4.10. The summed E-state index contributed by atoms with van der Waals surface area (Å²) in [7, 11) is -2.83. The van der Waals surface area contributed by atoms with Crippen molar-refractivity contribution in [2.45, 2.75) is 39.4 Å². The van der Waals surface area contributed by atoms with Crippen molar-refractivity contribution in [3.8, 4) is 0 Å². The molecule has 0 aromatic carbocycles. The maximum absolute atomic E-state index is 11.1. The lowest BCUT2D eigenvalue weighted by molar-refractivity contribution is 0.387. The van der Waals surface area contributed by atoms with Gasteiger partial charge < -0.3 is 0 Å². The van der Waals surface area contributed by atoms with E-state index in [1.54, 1.807) is 6.92 Å². The summed E-state index contributed by atoms with van der Waals surface area (Å²) < 4.78 is 22.2. The fraction of sp³-hybridized carbons (Fsp3) is 1.00. The van der Waals surface area contributed by atoms with E-state index < -0.39 is 9.84 Å². The number of sulfone groups is 1. The topological polar surface area (TPSA) is 34.1 Å². The van der Waals surface area contributed by atoms with Gasteiger partial charge in [0, 0.05) is 6.26 Å². The van der Waals surface area contributed by atoms with Crippen LogP contribution in [0, 0.1) is 11.8 Å². The molecular weight excluding hydrogens is 172 g/mol. The first-order valence-electron chi connectivity index (χ1n) is 4.44. The summed E-state index contributed by atoms with van der Waals surface area (Å²) in [4.78, 5) is 0. The van der Waals surface area contributed by atoms with E-state index >= 15 is 0 Å². The SMILES string of the molecule is CC(C)[C@H](C)C[C@@H](C)S(C)(=O)=O. The standard InChI is InChI=1S/C9H20O2S/c1-7(2)8(3)6-9(4)12(5,10)11/h7-9H,6H2,1-5H3/t8-,9-/m1/s1. The van der Waals surface area contributed by atoms with Crippen molar-refractivity contribution in [3.05, 3.63) is 0 Å². The molecule has 0 radical (unpaired) electrons. The van der Waals surface area contributed by atoms with Gasteiger partial charge in [-0.3, -0.25) is 0 Å². The molecule has 3 heteroatoms. The first kappa shape index (κ1) is 11.9. The Kier molecular flexibility index (Phi) is 4.24. The molecule has 0 aliphatic carbocycles. The Balaban J connectivity index is 4.11. The zero-order chi connectivity index (χ0) is 9.94. The molecule has 0 aromatic rings. The van der Waals surface area contributed by atoms with E-state index in [-0.39, 0.29) is 5.25 Å². The second kappa shape index (κ2) is 4.26. The van der Waals surface area contributed by atoms with E-state index in [0.29, 0.717) is 11.8 Å². The quantitative estimate of drug-likeness (QED) is 0.683. The van der Waals surface area contributed by atoms with Crippen LogP contribution < -0.4 is 0 Å². The zero-order valence-electron chi connectivity index (χ0n) is 8.66. The molecule has 2 atom stereocenters. The van der Waals surface area contributed by atoms with E-state index in [4.69, 9.17) is 0 Å². The van der Waals surface area contributed by atoms with Crippen LogP contribution in [0.2, 0.25) is 0 Å². The molecule has 0 amide bonds. The highest BCUT2D eigenvalue weighted by molar-refractivity contribution is 7.91. The first-order chi connectivity index (χ1) is 5.25. The Labute approximate surface area is 76.3 Å². The van der Waals surface area contributed by atoms with Crippen LogP contribution in [0.3, 0.4) is 0 Å². The van der Waals surface area contributed by atoms with Crippen LogP contribution in [0.25, 0.3) is 0 Å². The van der Waals surface area contributed by atoms with Gasteiger partial charge >= 0.3 is 0 Å². The fourth-order valence-corrected chi connectivity index (χ4v) is 1.62. The number of hydrogen-bond acceptors (Lipinski definition) is 2. The zero-order valence-corrected chi connectivity index (χ0v) is 9.48. The van der Waals surface area contributed by atoms with Gasteiger partial charge in [0.1, 0.15) is 9.84 Å². The van der Waals surface area contributed by atoms with Gasteiger partial charge in [0.25, 0.3) is 0 Å². The highest BCUT2D eigenvalue weighted by atomic mass is 32.2. The largest absolute Gasteiger partial charge is 0.229 e. The van der Waals surface area contributed by atoms with Gasteiger partial charge in [0.05, 0.1) is 5.25 Å². The van der Waals surface area contributed by atoms with Crippen LogP contribution in [-0.2, 0) is 9.84 Å². The van der Waals surface area contributed by atoms with E-state index in [1.165, 1.54) is 6.26 Å². The Bertz CT molecular complexity index is 217. The second-order valence-electron chi connectivity index (χ2n) is 4.10. The van der Waals surface area contributed by atoms with Crippen molar-refractivity contribution in [2.75, 3.05) is 6.26 Å². The summed E-state index contributed by atoms with van der Waals surface area (Å²) >= 11 is 0. The lowest BCUT2D eigenvalue weighted by Crippen LogP contribution is -2.20. The van der Waals surface area contributed by atoms with Crippen molar-refractivity contribution >= 4 is 9.84 Å². The molecule has 0 saturated heterocycles. The molecule has 12 heavy (non-hydrogen) atoms. The Hall–Kier alpha value is -0.0500. The third-order valence-electron chi connectivity index (χ3n) is 2.57. The van der Waals surface area contributed by atoms with Gasteiger partial charge in [-0.2, -0.15) is 0 Å². The molecule has 0 unspecified atom stereocenters. The molecule has 0 heterocycles. The Morgan fingerprint density at radius 2 is 1.50 bits per heavy atom. The molecule has 0 saturated carbocycles. The lowest BCUT2D eigenvalue weighted by atomic mass is 9.93. The monoisotopic (exact) mass is 192 g/mol. The molecule has 0 aromatic heterocycles. The van der Waals surface area contributed by atoms with Crippen LogP contribution in [0.1, 0.15) is 34.1 Å². The Morgan fingerprint density at radius 1 is 1.08 bits per heavy atom. The summed E-state index contributed by atoms with van der Waals surface area (Å²) in [6.45, 7) is 8.14. The Morgan fingerprint density at radius 3 is 1.75 bits per heavy atom. The average molecular weight is 192 g/mol. The average Bonchev–Trinajstić information content (AvgIpc) is 1.85. The van der Waals surface area contributed by atoms with Crippen LogP contribution >= 0.6 is 0 Å². The van der Waals surface area contributed by atoms with E-state index in [0.717, 1.165) is 6.42 Å². The molecule has 0 aliphatic heterocycles. The lowest BCUT2D eigenvalue weighted by Gasteiger charge is -2.18. The van der Waals surface area contributed by atoms with Crippen LogP contribution in [-0.4, -0.2) is 19.9 Å². The minimum atomic E-state index is -2.83. The van der Waals surface area contributed by atoms with Crippen molar-refractivity contribution < 1.29 is 8.42 Å². The van der Waals surface area contributed by atoms with Crippen LogP contribution in [0.4, 0.5) is 0 Å². The van der Waals surface area contributed by atoms with Gasteiger partial charge in [0.2, 0.25) is 0 Å². The normalized spacial score (nSPS) is 17.8. The van der Waals surface area contributed by atoms with E-state index in [2.05, 4.69) is 20.8 Å². The fourth-order valence-electron chi connectivity index (χ4n) is 0.971. The molecule has 2 nitrogen and oxygen atoms in total. The summed E-state index contributed by atoms with van der Waals surface area (Å²) in [5.41, 5.74) is 0. The van der Waals surface area contributed by atoms with Crippen molar-refractivity contribution in [1.82, 2.24) is 0 Å². The molecule has 0 fully saturated rings. The van der Waals surface area contributed by atoms with Crippen molar-refractivity contribution in [1.29, 1.82) is 0 Å². The number of hydrogen-bond donors (Lipinski definition) is 0. The third-order valence-corrected chi connectivity index (χ3v) is 4.23. The first-order valence-corrected chi connectivity index (χ1v) is 6.39. The molecule has 0 bridgehead atoms. The molecule has 74 valence electrons. The van der Waals surface area contributed by atoms with Gasteiger partial charge in [0.15, 0.2) is 0 Å². The maximum atomic E-state index is 11.1. The number of rotatable bonds is 4. The summed E-state index contributed by atoms with van der Waals surface area (Å²) in [5.74, 6) is 1.05. The second-order valence-corrected chi connectivity index (χ2v) is 6.56. The molecule has 0 N–H and O–H groups in total. The maximum Gasteiger partial charge on any atom is 0.150 e. The molecular formula is C9H20O2S. The minimum Gasteiger partial charge on any atom is -0.229 e. The molecule has 0 spiro atoms. The smallest absolute Gasteiger partial charge is 0.150 e. The highest BCUT2D eigenvalue weighted by Crippen LogP contribution is 2.19. The van der Waals surface area contributed by atoms with Gasteiger partial charge in [-0.15, -0.1) is 0 Å². The van der Waals surface area contributed by atoms with Crippen molar-refractivity contribution in [3.63, 3.8) is 0 Å². The van der Waals surface area contributed by atoms with Crippen LogP contribution in [0.15, 0.2) is 0 Å². The minimum absolute atomic E-state index is 0.199. The predicted molar refractivity (Wildman–Crippen MR) is 52.9 cm³/mol. The molecule has 0 rings (SSSR count). The summed E-state index contributed by atoms with van der Waals surface area (Å²) in [6, 6.07) is 0. The van der Waals surface area contributed by atoms with Crippen molar-refractivity contribution in [2.24, 2.45) is 11.8 Å². The predicted octanol–water partition coefficient (Wildman–Crippen LogP) is 2.10. The summed E-state index contributed by atoms with van der Waals surface area (Å²) in [5, 5.41) is -0.199. The van der Waals surface area contributed by atoms with E-state index in [9.17, 15) is 8.42 Å². The van der Waals surface area contributed by atoms with Gasteiger partial charge in [-0.05, 0) is 25.2 Å². The van der Waals surface area contributed by atoms with Crippen LogP contribution in [0.5, 0.6) is 0 Å². The summed E-state index contributed by atoms with van der Waals surface area (Å²) in [6.07, 6.45) is 2.08. The van der Waals surface area contributed by atoms with Gasteiger partial charge in [-0.1, -0.05) is 20.8 Å². The van der Waals surface area contributed by atoms with Gasteiger partial charge in [-0.25, -0.2) is 8.42 Å². The van der Waals surface area contributed by atoms with E-state index in [1.807, 2.05) is 0 Å². The highest BCUT2D eigenvalue weighted by Gasteiger charge is 2.19.